The number of aryl methyl sites for hydroxylation is 1. The van der Waals surface area contributed by atoms with E-state index in [1.807, 2.05) is 13.8 Å². The number of benzene rings is 2. The lowest BCUT2D eigenvalue weighted by molar-refractivity contribution is -0.150. The van der Waals surface area contributed by atoms with Crippen molar-refractivity contribution < 1.29 is 23.9 Å². The topological polar surface area (TPSA) is 118 Å². The van der Waals surface area contributed by atoms with E-state index in [9.17, 15) is 19.6 Å². The quantitative estimate of drug-likeness (QED) is 0.359. The van der Waals surface area contributed by atoms with E-state index < -0.39 is 23.7 Å². The molecule has 8 nitrogen and oxygen atoms in total. The molecule has 0 bridgehead atoms. The minimum Gasteiger partial charge on any atom is -0.492 e. The molecule has 36 heavy (non-hydrogen) atoms. The molecular formula is C25H23Cl2N3O5S. The summed E-state index contributed by atoms with van der Waals surface area (Å²) in [5.41, 5.74) is 1.96. The van der Waals surface area contributed by atoms with E-state index in [1.54, 1.807) is 36.4 Å². The molecule has 188 valence electrons. The van der Waals surface area contributed by atoms with Gasteiger partial charge in [-0.25, -0.2) is 0 Å². The summed E-state index contributed by atoms with van der Waals surface area (Å²) >= 11 is 13.3. The number of rotatable bonds is 8. The molecule has 1 heterocycles. The number of nitrogens with zero attached hydrogens (tertiary/aromatic N) is 1. The molecule has 0 radical (unpaired) electrons. The molecule has 0 saturated heterocycles. The minimum atomic E-state index is -1.31. The Morgan fingerprint density at radius 3 is 2.61 bits per heavy atom. The Hall–Kier alpha value is -3.19. The Bertz CT molecular complexity index is 1270. The van der Waals surface area contributed by atoms with Crippen molar-refractivity contribution in [3.8, 4) is 11.8 Å². The van der Waals surface area contributed by atoms with E-state index in [-0.39, 0.29) is 27.3 Å². The van der Waals surface area contributed by atoms with Crippen molar-refractivity contribution in [1.29, 1.82) is 5.26 Å². The average molecular weight is 548 g/mol. The van der Waals surface area contributed by atoms with Crippen molar-refractivity contribution in [2.45, 2.75) is 19.8 Å². The highest BCUT2D eigenvalue weighted by Gasteiger charge is 2.44. The number of halogens is 2. The SMILES string of the molecule is CCOc1ccc([C@H]2C(C#N)=C(SCC(=O)Nc3cc(Cl)ccc3C)NC(=O)[C@@H]2C(=O)OC)cc1Cl. The highest BCUT2D eigenvalue weighted by molar-refractivity contribution is 8.03. The molecule has 0 spiro atoms. The summed E-state index contributed by atoms with van der Waals surface area (Å²) in [7, 11) is 1.17. The molecule has 0 fully saturated rings. The van der Waals surface area contributed by atoms with Gasteiger partial charge in [-0.15, -0.1) is 0 Å². The van der Waals surface area contributed by atoms with Gasteiger partial charge in [0.1, 0.15) is 11.7 Å². The Morgan fingerprint density at radius 1 is 1.22 bits per heavy atom. The zero-order chi connectivity index (χ0) is 26.4. The van der Waals surface area contributed by atoms with Crippen LogP contribution in [0.25, 0.3) is 0 Å². The van der Waals surface area contributed by atoms with Gasteiger partial charge in [0.05, 0.1) is 41.2 Å². The predicted octanol–water partition coefficient (Wildman–Crippen LogP) is 4.81. The van der Waals surface area contributed by atoms with Crippen LogP contribution in [0.3, 0.4) is 0 Å². The van der Waals surface area contributed by atoms with Crippen LogP contribution >= 0.6 is 35.0 Å². The van der Waals surface area contributed by atoms with Crippen LogP contribution in [0.1, 0.15) is 24.0 Å². The summed E-state index contributed by atoms with van der Waals surface area (Å²) in [6, 6.07) is 12.0. The van der Waals surface area contributed by atoms with Crippen LogP contribution in [0.2, 0.25) is 10.0 Å². The first-order chi connectivity index (χ1) is 17.2. The van der Waals surface area contributed by atoms with E-state index in [0.717, 1.165) is 17.3 Å². The van der Waals surface area contributed by atoms with E-state index in [4.69, 9.17) is 32.7 Å². The maximum absolute atomic E-state index is 13.0. The Kier molecular flexibility index (Phi) is 9.26. The molecule has 2 aromatic carbocycles. The summed E-state index contributed by atoms with van der Waals surface area (Å²) in [6.45, 7) is 4.04. The average Bonchev–Trinajstić information content (AvgIpc) is 2.85. The number of carbonyl (C=O) groups is 3. The van der Waals surface area contributed by atoms with Gasteiger partial charge in [-0.3, -0.25) is 14.4 Å². The highest BCUT2D eigenvalue weighted by atomic mass is 35.5. The van der Waals surface area contributed by atoms with Gasteiger partial charge in [-0.05, 0) is 49.2 Å². The molecule has 1 aliphatic heterocycles. The number of thioether (sulfide) groups is 1. The first-order valence-corrected chi connectivity index (χ1v) is 12.6. The van der Waals surface area contributed by atoms with Gasteiger partial charge in [-0.2, -0.15) is 5.26 Å². The molecule has 1 aliphatic rings. The third kappa shape index (κ3) is 6.13. The van der Waals surface area contributed by atoms with Crippen LogP contribution in [-0.4, -0.2) is 37.3 Å². The fourth-order valence-corrected chi connectivity index (χ4v) is 4.98. The first kappa shape index (κ1) is 27.4. The smallest absolute Gasteiger partial charge is 0.319 e. The van der Waals surface area contributed by atoms with Gasteiger partial charge >= 0.3 is 5.97 Å². The Balaban J connectivity index is 1.93. The number of nitrogens with one attached hydrogen (secondary N) is 2. The number of methoxy groups -OCH3 is 1. The summed E-state index contributed by atoms with van der Waals surface area (Å²) in [6.07, 6.45) is 0. The molecule has 0 unspecified atom stereocenters. The molecule has 2 atom stereocenters. The fraction of sp³-hybridized carbons (Fsp3) is 0.280. The number of carbonyl (C=O) groups excluding carboxylic acids is 3. The van der Waals surface area contributed by atoms with Gasteiger partial charge in [0.15, 0.2) is 0 Å². The second-order valence-corrected chi connectivity index (χ2v) is 9.57. The third-order valence-electron chi connectivity index (χ3n) is 5.42. The van der Waals surface area contributed by atoms with Crippen molar-refractivity contribution >= 4 is 58.4 Å². The highest BCUT2D eigenvalue weighted by Crippen LogP contribution is 2.42. The lowest BCUT2D eigenvalue weighted by atomic mass is 9.78. The maximum Gasteiger partial charge on any atom is 0.319 e. The maximum atomic E-state index is 13.0. The van der Waals surface area contributed by atoms with Crippen LogP contribution in [0.15, 0.2) is 47.0 Å². The second-order valence-electron chi connectivity index (χ2n) is 7.74. The molecule has 2 amide bonds. The van der Waals surface area contributed by atoms with Crippen LogP contribution < -0.4 is 15.4 Å². The van der Waals surface area contributed by atoms with Gasteiger partial charge in [0, 0.05) is 16.6 Å². The predicted molar refractivity (Wildman–Crippen MR) is 139 cm³/mol. The number of allylic oxidation sites excluding steroid dienone is 1. The Morgan fingerprint density at radius 2 is 1.97 bits per heavy atom. The van der Waals surface area contributed by atoms with Crippen LogP contribution in [-0.2, 0) is 19.1 Å². The minimum absolute atomic E-state index is 0.105. The third-order valence-corrected chi connectivity index (χ3v) is 6.97. The number of esters is 1. The van der Waals surface area contributed by atoms with Gasteiger partial charge in [0.25, 0.3) is 0 Å². The van der Waals surface area contributed by atoms with Crippen LogP contribution in [0.5, 0.6) is 5.75 Å². The van der Waals surface area contributed by atoms with Crippen molar-refractivity contribution in [3.63, 3.8) is 0 Å². The number of hydrogen-bond donors (Lipinski definition) is 2. The number of anilines is 1. The fourth-order valence-electron chi connectivity index (χ4n) is 3.72. The number of nitriles is 1. The summed E-state index contributed by atoms with van der Waals surface area (Å²) in [5, 5.41) is 16.3. The summed E-state index contributed by atoms with van der Waals surface area (Å²) in [4.78, 5) is 38.1. The van der Waals surface area contributed by atoms with Gasteiger partial charge < -0.3 is 20.1 Å². The number of hydrogen-bond acceptors (Lipinski definition) is 7. The van der Waals surface area contributed by atoms with E-state index >= 15 is 0 Å². The van der Waals surface area contributed by atoms with Crippen molar-refractivity contribution in [3.05, 3.63) is 68.2 Å². The molecule has 0 aromatic heterocycles. The van der Waals surface area contributed by atoms with Crippen LogP contribution in [0.4, 0.5) is 5.69 Å². The second kappa shape index (κ2) is 12.2. The molecular weight excluding hydrogens is 525 g/mol. The molecule has 2 aromatic rings. The lowest BCUT2D eigenvalue weighted by Crippen LogP contribution is -2.44. The van der Waals surface area contributed by atoms with Crippen LogP contribution in [0, 0.1) is 24.2 Å². The molecule has 0 saturated carbocycles. The van der Waals surface area contributed by atoms with Crippen molar-refractivity contribution in [1.82, 2.24) is 5.32 Å². The largest absolute Gasteiger partial charge is 0.492 e. The number of amides is 2. The monoisotopic (exact) mass is 547 g/mol. The van der Waals surface area contributed by atoms with E-state index in [1.165, 1.54) is 7.11 Å². The van der Waals surface area contributed by atoms with Crippen molar-refractivity contribution in [2.75, 3.05) is 24.8 Å². The lowest BCUT2D eigenvalue weighted by Gasteiger charge is -2.31. The summed E-state index contributed by atoms with van der Waals surface area (Å²) < 4.78 is 10.3. The van der Waals surface area contributed by atoms with Crippen molar-refractivity contribution in [2.24, 2.45) is 5.92 Å². The van der Waals surface area contributed by atoms with E-state index in [0.29, 0.717) is 28.6 Å². The Labute approximate surface area is 222 Å². The molecule has 2 N–H and O–H groups in total. The standard InChI is InChI=1S/C25H23Cl2N3O5S/c1-4-35-19-8-6-14(9-17(19)27)21-16(11-28)24(30-23(32)22(21)25(33)34-3)36-12-20(31)29-18-10-15(26)7-5-13(18)2/h5-10,21-22H,4,12H2,1-3H3,(H,29,31)(H,30,32)/t21-,22+/m0/s1. The summed E-state index contributed by atoms with van der Waals surface area (Å²) in [5.74, 6) is -3.76. The molecule has 11 heteroatoms. The zero-order valence-electron chi connectivity index (χ0n) is 19.7. The molecule has 0 aliphatic carbocycles. The van der Waals surface area contributed by atoms with E-state index in [2.05, 4.69) is 16.7 Å². The van der Waals surface area contributed by atoms with Gasteiger partial charge in [0.2, 0.25) is 11.8 Å². The zero-order valence-corrected chi connectivity index (χ0v) is 22.0. The normalized spacial score (nSPS) is 17.2. The first-order valence-electron chi connectivity index (χ1n) is 10.8. The van der Waals surface area contributed by atoms with Gasteiger partial charge in [-0.1, -0.05) is 47.1 Å². The number of ether oxygens (including phenoxy) is 2. The molecule has 3 rings (SSSR count).